The molecule has 1 amide bonds. The molecule has 2 rings (SSSR count). The number of aromatic amines is 1. The van der Waals surface area contributed by atoms with Gasteiger partial charge in [-0.2, -0.15) is 5.10 Å². The maximum atomic E-state index is 11.8. The molecule has 8 heteroatoms. The molecule has 6 nitrogen and oxygen atoms in total. The van der Waals surface area contributed by atoms with Gasteiger partial charge in [0, 0.05) is 17.2 Å². The lowest BCUT2D eigenvalue weighted by molar-refractivity contribution is -0.116. The van der Waals surface area contributed by atoms with Gasteiger partial charge in [-0.3, -0.25) is 9.89 Å². The molecule has 0 atom stereocenters. The van der Waals surface area contributed by atoms with Gasteiger partial charge in [0.15, 0.2) is 5.16 Å². The molecule has 0 aliphatic heterocycles. The second kappa shape index (κ2) is 7.16. The SMILES string of the molecule is Nc1cc(Cl)ccc1NC(=O)CCCSc1ncn[nH]1. The van der Waals surface area contributed by atoms with Crippen LogP contribution in [0.3, 0.4) is 0 Å². The maximum absolute atomic E-state index is 11.8. The molecule has 0 unspecified atom stereocenters. The number of thioether (sulfide) groups is 1. The van der Waals surface area contributed by atoms with E-state index < -0.39 is 0 Å². The third-order valence-corrected chi connectivity index (χ3v) is 3.67. The maximum Gasteiger partial charge on any atom is 0.224 e. The third-order valence-electron chi connectivity index (χ3n) is 2.47. The molecule has 1 aromatic carbocycles. The Labute approximate surface area is 125 Å². The second-order valence-electron chi connectivity index (χ2n) is 4.02. The molecule has 0 saturated heterocycles. The zero-order chi connectivity index (χ0) is 14.4. The molecule has 2 aromatic rings. The van der Waals surface area contributed by atoms with Gasteiger partial charge >= 0.3 is 0 Å². The van der Waals surface area contributed by atoms with Crippen molar-refractivity contribution in [3.63, 3.8) is 0 Å². The van der Waals surface area contributed by atoms with Gasteiger partial charge in [-0.05, 0) is 24.6 Å². The molecule has 1 aromatic heterocycles. The molecule has 0 fully saturated rings. The summed E-state index contributed by atoms with van der Waals surface area (Å²) in [4.78, 5) is 15.8. The summed E-state index contributed by atoms with van der Waals surface area (Å²) >= 11 is 7.32. The zero-order valence-electron chi connectivity index (χ0n) is 10.6. The highest BCUT2D eigenvalue weighted by Crippen LogP contribution is 2.23. The van der Waals surface area contributed by atoms with Crippen LogP contribution < -0.4 is 11.1 Å². The lowest BCUT2D eigenvalue weighted by atomic mass is 10.2. The van der Waals surface area contributed by atoms with E-state index in [1.807, 2.05) is 0 Å². The number of carbonyl (C=O) groups is 1. The van der Waals surface area contributed by atoms with Gasteiger partial charge in [-0.25, -0.2) is 4.98 Å². The normalized spacial score (nSPS) is 10.4. The van der Waals surface area contributed by atoms with Crippen LogP contribution in [0.2, 0.25) is 5.02 Å². The van der Waals surface area contributed by atoms with Crippen LogP contribution in [0.15, 0.2) is 29.7 Å². The van der Waals surface area contributed by atoms with Crippen molar-refractivity contribution in [2.24, 2.45) is 0 Å². The highest BCUT2D eigenvalue weighted by Gasteiger charge is 2.06. The van der Waals surface area contributed by atoms with Crippen molar-refractivity contribution in [3.8, 4) is 0 Å². The highest BCUT2D eigenvalue weighted by atomic mass is 35.5. The van der Waals surface area contributed by atoms with E-state index in [0.717, 1.165) is 17.3 Å². The Kier molecular flexibility index (Phi) is 5.25. The van der Waals surface area contributed by atoms with Crippen molar-refractivity contribution < 1.29 is 4.79 Å². The van der Waals surface area contributed by atoms with E-state index in [4.69, 9.17) is 17.3 Å². The molecule has 20 heavy (non-hydrogen) atoms. The minimum Gasteiger partial charge on any atom is -0.397 e. The van der Waals surface area contributed by atoms with Crippen LogP contribution in [0.4, 0.5) is 11.4 Å². The van der Waals surface area contributed by atoms with Gasteiger partial charge in [0.2, 0.25) is 5.91 Å². The summed E-state index contributed by atoms with van der Waals surface area (Å²) < 4.78 is 0. The number of aromatic nitrogens is 3. The number of nitrogens with zero attached hydrogens (tertiary/aromatic N) is 2. The summed E-state index contributed by atoms with van der Waals surface area (Å²) in [5, 5.41) is 10.6. The molecule has 0 aliphatic carbocycles. The van der Waals surface area contributed by atoms with E-state index in [9.17, 15) is 4.79 Å². The second-order valence-corrected chi connectivity index (χ2v) is 5.54. The predicted octanol–water partition coefficient (Wildman–Crippen LogP) is 2.55. The van der Waals surface area contributed by atoms with Crippen LogP contribution in [-0.2, 0) is 4.79 Å². The number of nitrogens with two attached hydrogens (primary N) is 1. The number of hydrogen-bond acceptors (Lipinski definition) is 5. The van der Waals surface area contributed by atoms with Crippen molar-refractivity contribution in [1.29, 1.82) is 0 Å². The van der Waals surface area contributed by atoms with Crippen molar-refractivity contribution in [1.82, 2.24) is 15.2 Å². The van der Waals surface area contributed by atoms with Gasteiger partial charge in [0.25, 0.3) is 0 Å². The number of rotatable bonds is 6. The molecule has 0 bridgehead atoms. The first-order valence-electron chi connectivity index (χ1n) is 5.98. The molecule has 0 saturated carbocycles. The van der Waals surface area contributed by atoms with E-state index in [-0.39, 0.29) is 5.91 Å². The smallest absolute Gasteiger partial charge is 0.224 e. The minimum atomic E-state index is -0.0720. The van der Waals surface area contributed by atoms with Crippen LogP contribution in [0, 0.1) is 0 Å². The fourth-order valence-electron chi connectivity index (χ4n) is 1.53. The standard InChI is InChI=1S/C12H14ClN5OS/c13-8-3-4-10(9(14)6-8)17-11(19)2-1-5-20-12-15-7-16-18-12/h3-4,6-7H,1-2,5,14H2,(H,17,19)(H,15,16,18). The summed E-state index contributed by atoms with van der Waals surface area (Å²) in [7, 11) is 0. The average molecular weight is 312 g/mol. The molecule has 1 heterocycles. The Bertz CT molecular complexity index is 575. The quantitative estimate of drug-likeness (QED) is 0.433. The summed E-state index contributed by atoms with van der Waals surface area (Å²) in [6.07, 6.45) is 2.62. The first kappa shape index (κ1) is 14.7. The lowest BCUT2D eigenvalue weighted by Gasteiger charge is -2.08. The Balaban J connectivity index is 1.72. The first-order valence-corrected chi connectivity index (χ1v) is 7.34. The Morgan fingerprint density at radius 1 is 1.50 bits per heavy atom. The predicted molar refractivity (Wildman–Crippen MR) is 80.8 cm³/mol. The van der Waals surface area contributed by atoms with E-state index in [2.05, 4.69) is 20.5 Å². The fraction of sp³-hybridized carbons (Fsp3) is 0.250. The van der Waals surface area contributed by atoms with Crippen molar-refractivity contribution >= 4 is 40.6 Å². The van der Waals surface area contributed by atoms with Gasteiger partial charge in [-0.1, -0.05) is 23.4 Å². The number of H-pyrrole nitrogens is 1. The first-order chi connectivity index (χ1) is 9.65. The number of nitrogens with one attached hydrogen (secondary N) is 2. The average Bonchev–Trinajstić information content (AvgIpc) is 2.91. The van der Waals surface area contributed by atoms with Crippen LogP contribution in [0.25, 0.3) is 0 Å². The number of amides is 1. The van der Waals surface area contributed by atoms with E-state index in [1.165, 1.54) is 18.1 Å². The number of halogens is 1. The summed E-state index contributed by atoms with van der Waals surface area (Å²) in [5.41, 5.74) is 6.81. The summed E-state index contributed by atoms with van der Waals surface area (Å²) in [5.74, 6) is 0.718. The van der Waals surface area contributed by atoms with Gasteiger partial charge < -0.3 is 11.1 Å². The van der Waals surface area contributed by atoms with Gasteiger partial charge in [0.1, 0.15) is 6.33 Å². The highest BCUT2D eigenvalue weighted by molar-refractivity contribution is 7.99. The molecule has 0 aliphatic rings. The van der Waals surface area contributed by atoms with E-state index >= 15 is 0 Å². The molecule has 0 spiro atoms. The van der Waals surface area contributed by atoms with Gasteiger partial charge in [0.05, 0.1) is 11.4 Å². The summed E-state index contributed by atoms with van der Waals surface area (Å²) in [6, 6.07) is 4.99. The monoisotopic (exact) mass is 311 g/mol. The van der Waals surface area contributed by atoms with Crippen molar-refractivity contribution in [2.75, 3.05) is 16.8 Å². The zero-order valence-corrected chi connectivity index (χ0v) is 12.2. The Morgan fingerprint density at radius 3 is 3.05 bits per heavy atom. The van der Waals surface area contributed by atoms with Crippen LogP contribution >= 0.6 is 23.4 Å². The number of hydrogen-bond donors (Lipinski definition) is 3. The van der Waals surface area contributed by atoms with Crippen LogP contribution in [0.5, 0.6) is 0 Å². The number of carbonyl (C=O) groups excluding carboxylic acids is 1. The number of benzene rings is 1. The Hall–Kier alpha value is -1.73. The topological polar surface area (TPSA) is 96.7 Å². The largest absolute Gasteiger partial charge is 0.397 e. The molecule has 106 valence electrons. The lowest BCUT2D eigenvalue weighted by Crippen LogP contribution is -2.12. The van der Waals surface area contributed by atoms with Crippen molar-refractivity contribution in [3.05, 3.63) is 29.5 Å². The molecular formula is C12H14ClN5OS. The molecule has 0 radical (unpaired) electrons. The van der Waals surface area contributed by atoms with Crippen LogP contribution in [-0.4, -0.2) is 26.8 Å². The summed E-state index contributed by atoms with van der Waals surface area (Å²) in [6.45, 7) is 0. The molecular weight excluding hydrogens is 298 g/mol. The fourth-order valence-corrected chi connectivity index (χ4v) is 2.43. The van der Waals surface area contributed by atoms with Gasteiger partial charge in [-0.15, -0.1) is 0 Å². The van der Waals surface area contributed by atoms with E-state index in [1.54, 1.807) is 18.2 Å². The number of nitrogen functional groups attached to an aromatic ring is 1. The van der Waals surface area contributed by atoms with E-state index in [0.29, 0.717) is 22.8 Å². The number of anilines is 2. The van der Waals surface area contributed by atoms with Crippen LogP contribution in [0.1, 0.15) is 12.8 Å². The minimum absolute atomic E-state index is 0.0720. The third kappa shape index (κ3) is 4.43. The van der Waals surface area contributed by atoms with Crippen molar-refractivity contribution in [2.45, 2.75) is 18.0 Å². The Morgan fingerprint density at radius 2 is 2.35 bits per heavy atom. The molecule has 4 N–H and O–H groups in total.